The van der Waals surface area contributed by atoms with Crippen molar-refractivity contribution in [2.45, 2.75) is 75.2 Å². The Morgan fingerprint density at radius 1 is 1.14 bits per heavy atom. The smallest absolute Gasteiger partial charge is 0.233 e. The van der Waals surface area contributed by atoms with Gasteiger partial charge in [0, 0.05) is 5.54 Å². The Morgan fingerprint density at radius 2 is 1.72 bits per heavy atom. The third-order valence-electron chi connectivity index (χ3n) is 7.17. The van der Waals surface area contributed by atoms with Crippen LogP contribution in [0.3, 0.4) is 0 Å². The van der Waals surface area contributed by atoms with E-state index < -0.39 is 0 Å². The fourth-order valence-electron chi connectivity index (χ4n) is 6.37. The van der Waals surface area contributed by atoms with Crippen molar-refractivity contribution in [3.05, 3.63) is 29.3 Å². The first-order valence-electron chi connectivity index (χ1n) is 10.8. The molecule has 6 rings (SSSR count). The summed E-state index contributed by atoms with van der Waals surface area (Å²) in [6.07, 6.45) is 7.64. The van der Waals surface area contributed by atoms with Crippen LogP contribution in [0.15, 0.2) is 23.4 Å². The lowest BCUT2D eigenvalue weighted by molar-refractivity contribution is -0.126. The highest BCUT2D eigenvalue weighted by Gasteiger charge is 2.51. The fourth-order valence-corrected chi connectivity index (χ4v) is 7.16. The molecule has 0 saturated heterocycles. The molecule has 4 aliphatic rings. The van der Waals surface area contributed by atoms with Crippen LogP contribution < -0.4 is 5.32 Å². The number of para-hydroxylation sites is 1. The molecule has 1 heterocycles. The minimum atomic E-state index is -0.239. The monoisotopic (exact) mass is 411 g/mol. The van der Waals surface area contributed by atoms with Crippen LogP contribution in [-0.4, -0.2) is 36.9 Å². The lowest BCUT2D eigenvalue weighted by Gasteiger charge is -2.57. The maximum Gasteiger partial charge on any atom is 0.233 e. The maximum absolute atomic E-state index is 13.1. The van der Waals surface area contributed by atoms with Gasteiger partial charge in [-0.3, -0.25) is 4.79 Å². The summed E-state index contributed by atoms with van der Waals surface area (Å²) >= 11 is 1.44. The third-order valence-corrected chi connectivity index (χ3v) is 8.20. The van der Waals surface area contributed by atoms with Crippen molar-refractivity contribution in [3.63, 3.8) is 0 Å². The predicted octanol–water partition coefficient (Wildman–Crippen LogP) is 3.84. The van der Waals surface area contributed by atoms with Gasteiger partial charge in [0.25, 0.3) is 0 Å². The number of thioether (sulfide) groups is 1. The highest BCUT2D eigenvalue weighted by atomic mass is 32.2. The van der Waals surface area contributed by atoms with E-state index in [1.807, 2.05) is 13.0 Å². The van der Waals surface area contributed by atoms with E-state index in [-0.39, 0.29) is 16.7 Å². The minimum absolute atomic E-state index is 0.0409. The van der Waals surface area contributed by atoms with Gasteiger partial charge in [-0.15, -0.1) is 5.10 Å². The standard InChI is InChI=1S/C22H29N5OS/c1-13-5-4-6-14(2)19(13)27-21(24-25-26-27)29-15(3)20(28)23-22-10-16-7-17(11-22)9-18(8-16)12-22/h4-6,15-18H,7-12H2,1-3H3,(H,23,28)/t15-,16?,17?,18?,22?/m1/s1. The number of hydrogen-bond acceptors (Lipinski definition) is 5. The van der Waals surface area contributed by atoms with Crippen LogP contribution >= 0.6 is 11.8 Å². The maximum atomic E-state index is 13.1. The third kappa shape index (κ3) is 3.47. The zero-order valence-electron chi connectivity index (χ0n) is 17.4. The fraction of sp³-hybridized carbons (Fsp3) is 0.636. The predicted molar refractivity (Wildman–Crippen MR) is 113 cm³/mol. The van der Waals surface area contributed by atoms with Gasteiger partial charge in [0.1, 0.15) is 0 Å². The molecule has 154 valence electrons. The lowest BCUT2D eigenvalue weighted by Crippen LogP contribution is -2.60. The van der Waals surface area contributed by atoms with E-state index in [4.69, 9.17) is 0 Å². The normalized spacial score (nSPS) is 31.1. The Morgan fingerprint density at radius 3 is 2.31 bits per heavy atom. The van der Waals surface area contributed by atoms with Crippen molar-refractivity contribution < 1.29 is 4.79 Å². The molecule has 1 aromatic carbocycles. The number of hydrogen-bond donors (Lipinski definition) is 1. The molecule has 29 heavy (non-hydrogen) atoms. The van der Waals surface area contributed by atoms with Crippen LogP contribution in [0.2, 0.25) is 0 Å². The summed E-state index contributed by atoms with van der Waals surface area (Å²) in [6.45, 7) is 6.08. The average molecular weight is 412 g/mol. The molecule has 4 bridgehead atoms. The molecule has 0 unspecified atom stereocenters. The van der Waals surface area contributed by atoms with Gasteiger partial charge in [0.05, 0.1) is 10.9 Å². The van der Waals surface area contributed by atoms with E-state index in [1.165, 1.54) is 50.3 Å². The van der Waals surface area contributed by atoms with Crippen LogP contribution in [0.25, 0.3) is 5.69 Å². The number of rotatable bonds is 5. The Hall–Kier alpha value is -1.89. The van der Waals surface area contributed by atoms with Gasteiger partial charge in [0.15, 0.2) is 0 Å². The van der Waals surface area contributed by atoms with Gasteiger partial charge in [-0.1, -0.05) is 30.0 Å². The molecule has 0 aliphatic heterocycles. The molecule has 4 saturated carbocycles. The van der Waals surface area contributed by atoms with Gasteiger partial charge in [-0.25, -0.2) is 0 Å². The summed E-state index contributed by atoms with van der Waals surface area (Å²) < 4.78 is 1.77. The van der Waals surface area contributed by atoms with Crippen molar-refractivity contribution >= 4 is 17.7 Å². The molecular weight excluding hydrogens is 382 g/mol. The van der Waals surface area contributed by atoms with E-state index in [0.29, 0.717) is 5.16 Å². The number of aryl methyl sites for hydroxylation is 2. The van der Waals surface area contributed by atoms with E-state index in [1.54, 1.807) is 4.68 Å². The lowest BCUT2D eigenvalue weighted by atomic mass is 9.53. The summed E-state index contributed by atoms with van der Waals surface area (Å²) in [7, 11) is 0. The summed E-state index contributed by atoms with van der Waals surface area (Å²) in [6, 6.07) is 6.15. The van der Waals surface area contributed by atoms with E-state index in [0.717, 1.165) is 34.6 Å². The number of benzene rings is 1. The van der Waals surface area contributed by atoms with Gasteiger partial charge in [-0.2, -0.15) is 4.68 Å². The quantitative estimate of drug-likeness (QED) is 0.757. The molecule has 4 aliphatic carbocycles. The zero-order chi connectivity index (χ0) is 20.2. The topological polar surface area (TPSA) is 72.7 Å². The number of carbonyl (C=O) groups excluding carboxylic acids is 1. The second-order valence-corrected chi connectivity index (χ2v) is 10.9. The molecule has 4 fully saturated rings. The highest BCUT2D eigenvalue weighted by molar-refractivity contribution is 8.00. The minimum Gasteiger partial charge on any atom is -0.350 e. The number of nitrogens with zero attached hydrogens (tertiary/aromatic N) is 4. The molecule has 1 amide bonds. The van der Waals surface area contributed by atoms with Crippen LogP contribution in [0, 0.1) is 31.6 Å². The summed E-state index contributed by atoms with van der Waals surface area (Å²) in [5.41, 5.74) is 3.27. The largest absolute Gasteiger partial charge is 0.350 e. The van der Waals surface area contributed by atoms with E-state index in [9.17, 15) is 4.79 Å². The van der Waals surface area contributed by atoms with E-state index >= 15 is 0 Å². The van der Waals surface area contributed by atoms with Crippen LogP contribution in [0.4, 0.5) is 0 Å². The van der Waals surface area contributed by atoms with Crippen LogP contribution in [0.1, 0.15) is 56.6 Å². The van der Waals surface area contributed by atoms with Gasteiger partial charge >= 0.3 is 0 Å². The van der Waals surface area contributed by atoms with Crippen molar-refractivity contribution in [3.8, 4) is 5.69 Å². The summed E-state index contributed by atoms with van der Waals surface area (Å²) in [5, 5.41) is 16.2. The average Bonchev–Trinajstić information content (AvgIpc) is 3.07. The van der Waals surface area contributed by atoms with Gasteiger partial charge < -0.3 is 5.32 Å². The number of amides is 1. The van der Waals surface area contributed by atoms with Crippen molar-refractivity contribution in [2.75, 3.05) is 0 Å². The van der Waals surface area contributed by atoms with Crippen LogP contribution in [0.5, 0.6) is 0 Å². The second-order valence-electron chi connectivity index (χ2n) is 9.56. The van der Waals surface area contributed by atoms with E-state index in [2.05, 4.69) is 46.8 Å². The number of tetrazole rings is 1. The zero-order valence-corrected chi connectivity index (χ0v) is 18.2. The van der Waals surface area contributed by atoms with Crippen LogP contribution in [-0.2, 0) is 4.79 Å². The molecule has 1 atom stereocenters. The first-order chi connectivity index (χ1) is 13.9. The van der Waals surface area contributed by atoms with Crippen molar-refractivity contribution in [2.24, 2.45) is 17.8 Å². The Bertz CT molecular complexity index is 883. The molecular formula is C22H29N5OS. The SMILES string of the molecule is Cc1cccc(C)c1-n1nnnc1S[C@H](C)C(=O)NC12CC3CC(CC(C3)C1)C2. The summed E-state index contributed by atoms with van der Waals surface area (Å²) in [5.74, 6) is 2.58. The van der Waals surface area contributed by atoms with Gasteiger partial charge in [-0.05, 0) is 98.6 Å². The molecule has 7 heteroatoms. The molecule has 0 radical (unpaired) electrons. The Balaban J connectivity index is 1.31. The first kappa shape index (κ1) is 19.1. The number of nitrogens with one attached hydrogen (secondary N) is 1. The molecule has 1 aromatic heterocycles. The first-order valence-corrected chi connectivity index (χ1v) is 11.6. The molecule has 6 nitrogen and oxygen atoms in total. The Kier molecular flexibility index (Phi) is 4.68. The number of aromatic nitrogens is 4. The second kappa shape index (κ2) is 7.11. The summed E-state index contributed by atoms with van der Waals surface area (Å²) in [4.78, 5) is 13.1. The van der Waals surface area contributed by atoms with Gasteiger partial charge in [0.2, 0.25) is 11.1 Å². The molecule has 2 aromatic rings. The highest BCUT2D eigenvalue weighted by Crippen LogP contribution is 2.55. The number of carbonyl (C=O) groups is 1. The Labute approximate surface area is 176 Å². The molecule has 1 N–H and O–H groups in total. The van der Waals surface area contributed by atoms with Crippen molar-refractivity contribution in [1.29, 1.82) is 0 Å². The molecule has 0 spiro atoms. The van der Waals surface area contributed by atoms with Crippen molar-refractivity contribution in [1.82, 2.24) is 25.5 Å².